The first-order chi connectivity index (χ1) is 11.3. The molecule has 0 saturated carbocycles. The van der Waals surface area contributed by atoms with Crippen molar-refractivity contribution in [3.8, 4) is 5.88 Å². The van der Waals surface area contributed by atoms with Crippen LogP contribution < -0.4 is 10.1 Å². The van der Waals surface area contributed by atoms with Gasteiger partial charge in [0.05, 0.1) is 10.6 Å². The Morgan fingerprint density at radius 3 is 2.67 bits per heavy atom. The van der Waals surface area contributed by atoms with Gasteiger partial charge in [-0.05, 0) is 18.2 Å². The molecule has 0 aliphatic rings. The van der Waals surface area contributed by atoms with Crippen LogP contribution in [-0.4, -0.2) is 23.7 Å². The molecule has 1 N–H and O–H groups in total. The lowest BCUT2D eigenvalue weighted by molar-refractivity contribution is -0.154. The maximum absolute atomic E-state index is 13.7. The van der Waals surface area contributed by atoms with Crippen LogP contribution in [-0.2, 0) is 6.54 Å². The van der Waals surface area contributed by atoms with Crippen LogP contribution in [0, 0.1) is 5.82 Å². The lowest BCUT2D eigenvalue weighted by Gasteiger charge is -2.13. The molecule has 0 atom stereocenters. The number of rotatable bonds is 5. The maximum atomic E-state index is 13.7. The van der Waals surface area contributed by atoms with E-state index in [9.17, 15) is 22.4 Å². The summed E-state index contributed by atoms with van der Waals surface area (Å²) in [5, 5.41) is 2.29. The molecular weight excluding hydrogens is 352 g/mol. The fourth-order valence-electron chi connectivity index (χ4n) is 1.82. The van der Waals surface area contributed by atoms with Crippen LogP contribution in [0.1, 0.15) is 15.9 Å². The van der Waals surface area contributed by atoms with Crippen molar-refractivity contribution in [3.05, 3.63) is 58.5 Å². The molecule has 128 valence electrons. The van der Waals surface area contributed by atoms with Gasteiger partial charge in [-0.1, -0.05) is 23.7 Å². The minimum absolute atomic E-state index is 0.0766. The van der Waals surface area contributed by atoms with Crippen LogP contribution in [0.4, 0.5) is 17.6 Å². The second-order valence-corrected chi connectivity index (χ2v) is 5.06. The maximum Gasteiger partial charge on any atom is 0.422 e. The molecule has 0 unspecified atom stereocenters. The van der Waals surface area contributed by atoms with Gasteiger partial charge in [-0.3, -0.25) is 4.79 Å². The van der Waals surface area contributed by atoms with Crippen LogP contribution >= 0.6 is 11.6 Å². The van der Waals surface area contributed by atoms with E-state index in [-0.39, 0.29) is 28.6 Å². The number of carbonyl (C=O) groups is 1. The zero-order chi connectivity index (χ0) is 17.7. The van der Waals surface area contributed by atoms with Gasteiger partial charge in [0.2, 0.25) is 5.88 Å². The number of nitrogens with one attached hydrogen (secondary N) is 1. The van der Waals surface area contributed by atoms with E-state index in [1.807, 2.05) is 0 Å². The molecule has 9 heteroatoms. The summed E-state index contributed by atoms with van der Waals surface area (Å²) < 4.78 is 54.9. The molecule has 0 aliphatic heterocycles. The Labute approximate surface area is 139 Å². The number of hydrogen-bond acceptors (Lipinski definition) is 3. The third kappa shape index (κ3) is 4.82. The third-order valence-corrected chi connectivity index (χ3v) is 3.17. The zero-order valence-corrected chi connectivity index (χ0v) is 12.8. The van der Waals surface area contributed by atoms with Crippen molar-refractivity contribution < 1.29 is 27.1 Å². The highest BCUT2D eigenvalue weighted by Crippen LogP contribution is 2.21. The van der Waals surface area contributed by atoms with E-state index < -0.39 is 24.5 Å². The monoisotopic (exact) mass is 362 g/mol. The molecule has 0 saturated heterocycles. The van der Waals surface area contributed by atoms with Crippen LogP contribution in [0.5, 0.6) is 5.88 Å². The fraction of sp³-hybridized carbons (Fsp3) is 0.200. The molecule has 1 aromatic heterocycles. The quantitative estimate of drug-likeness (QED) is 0.824. The number of aromatic nitrogens is 1. The van der Waals surface area contributed by atoms with Gasteiger partial charge in [-0.25, -0.2) is 9.37 Å². The number of hydrogen-bond donors (Lipinski definition) is 1. The summed E-state index contributed by atoms with van der Waals surface area (Å²) in [5.41, 5.74) is -0.136. The van der Waals surface area contributed by atoms with Gasteiger partial charge in [0.25, 0.3) is 5.91 Å². The number of ether oxygens (including phenoxy) is 1. The highest BCUT2D eigenvalue weighted by atomic mass is 35.5. The Bertz CT molecular complexity index is 717. The molecule has 2 aromatic rings. The van der Waals surface area contributed by atoms with Crippen LogP contribution in [0.2, 0.25) is 5.02 Å². The Balaban J connectivity index is 2.08. The van der Waals surface area contributed by atoms with Gasteiger partial charge < -0.3 is 10.1 Å². The van der Waals surface area contributed by atoms with Crippen LogP contribution in [0.25, 0.3) is 0 Å². The fourth-order valence-corrected chi connectivity index (χ4v) is 2.07. The summed E-state index contributed by atoms with van der Waals surface area (Å²) in [4.78, 5) is 15.7. The number of carbonyl (C=O) groups excluding carboxylic acids is 1. The van der Waals surface area contributed by atoms with E-state index >= 15 is 0 Å². The van der Waals surface area contributed by atoms with E-state index in [0.29, 0.717) is 0 Å². The van der Waals surface area contributed by atoms with Crippen molar-refractivity contribution in [3.63, 3.8) is 0 Å². The second kappa shape index (κ2) is 7.48. The summed E-state index contributed by atoms with van der Waals surface area (Å²) in [6.45, 7) is -1.71. The molecule has 0 aliphatic carbocycles. The SMILES string of the molecule is O=C(NCc1cccnc1OCC(F)(F)F)c1c(F)cccc1Cl. The smallest absolute Gasteiger partial charge is 0.422 e. The molecule has 24 heavy (non-hydrogen) atoms. The molecule has 0 bridgehead atoms. The van der Waals surface area contributed by atoms with Gasteiger partial charge in [-0.2, -0.15) is 13.2 Å². The van der Waals surface area contributed by atoms with Crippen molar-refractivity contribution >= 4 is 17.5 Å². The predicted octanol–water partition coefficient (Wildman–Crippen LogP) is 3.75. The summed E-state index contributed by atoms with van der Waals surface area (Å²) >= 11 is 5.77. The van der Waals surface area contributed by atoms with E-state index in [1.54, 1.807) is 0 Å². The van der Waals surface area contributed by atoms with Crippen molar-refractivity contribution in [1.29, 1.82) is 0 Å². The number of pyridine rings is 1. The van der Waals surface area contributed by atoms with E-state index in [0.717, 1.165) is 6.07 Å². The van der Waals surface area contributed by atoms with Crippen molar-refractivity contribution in [2.75, 3.05) is 6.61 Å². The number of halogens is 5. The lowest BCUT2D eigenvalue weighted by Crippen LogP contribution is -2.25. The Morgan fingerprint density at radius 1 is 1.25 bits per heavy atom. The number of nitrogens with zero attached hydrogens (tertiary/aromatic N) is 1. The average Bonchev–Trinajstić information content (AvgIpc) is 2.50. The van der Waals surface area contributed by atoms with Gasteiger partial charge in [0.15, 0.2) is 6.61 Å². The standard InChI is InChI=1S/C15H11ClF4N2O2/c16-10-4-1-5-11(17)12(10)13(23)22-7-9-3-2-6-21-14(9)24-8-15(18,19)20/h1-6H,7-8H2,(H,22,23). The molecule has 0 spiro atoms. The van der Waals surface area contributed by atoms with E-state index in [1.165, 1.54) is 30.5 Å². The van der Waals surface area contributed by atoms with Gasteiger partial charge in [-0.15, -0.1) is 0 Å². The molecular formula is C15H11ClF4N2O2. The largest absolute Gasteiger partial charge is 0.468 e. The Kier molecular flexibility index (Phi) is 5.61. The average molecular weight is 363 g/mol. The molecule has 1 aromatic carbocycles. The summed E-state index contributed by atoms with van der Waals surface area (Å²) in [6.07, 6.45) is -3.26. The van der Waals surface area contributed by atoms with E-state index in [2.05, 4.69) is 15.0 Å². The predicted molar refractivity (Wildman–Crippen MR) is 78.4 cm³/mol. The molecule has 2 rings (SSSR count). The minimum atomic E-state index is -4.52. The molecule has 0 radical (unpaired) electrons. The first-order valence-corrected chi connectivity index (χ1v) is 7.01. The van der Waals surface area contributed by atoms with E-state index in [4.69, 9.17) is 11.6 Å². The second-order valence-electron chi connectivity index (χ2n) is 4.65. The molecule has 1 amide bonds. The highest BCUT2D eigenvalue weighted by molar-refractivity contribution is 6.33. The first kappa shape index (κ1) is 18.0. The van der Waals surface area contributed by atoms with Crippen LogP contribution in [0.3, 0.4) is 0 Å². The summed E-state index contributed by atoms with van der Waals surface area (Å²) in [6, 6.07) is 6.67. The number of benzene rings is 1. The van der Waals surface area contributed by atoms with Crippen molar-refractivity contribution in [2.24, 2.45) is 0 Å². The van der Waals surface area contributed by atoms with Crippen LogP contribution in [0.15, 0.2) is 36.5 Å². The first-order valence-electron chi connectivity index (χ1n) is 6.63. The Hall–Kier alpha value is -2.35. The minimum Gasteiger partial charge on any atom is -0.468 e. The lowest BCUT2D eigenvalue weighted by atomic mass is 10.2. The molecule has 1 heterocycles. The van der Waals surface area contributed by atoms with Crippen molar-refractivity contribution in [1.82, 2.24) is 10.3 Å². The zero-order valence-electron chi connectivity index (χ0n) is 12.0. The normalized spacial score (nSPS) is 11.2. The van der Waals surface area contributed by atoms with Crippen molar-refractivity contribution in [2.45, 2.75) is 12.7 Å². The summed E-state index contributed by atoms with van der Waals surface area (Å²) in [7, 11) is 0. The number of alkyl halides is 3. The Morgan fingerprint density at radius 2 is 2.00 bits per heavy atom. The summed E-state index contributed by atoms with van der Waals surface area (Å²) in [5.74, 6) is -1.88. The number of amides is 1. The van der Waals surface area contributed by atoms with Gasteiger partial charge >= 0.3 is 6.18 Å². The van der Waals surface area contributed by atoms with Gasteiger partial charge in [0.1, 0.15) is 5.82 Å². The topological polar surface area (TPSA) is 51.2 Å². The highest BCUT2D eigenvalue weighted by Gasteiger charge is 2.29. The van der Waals surface area contributed by atoms with Gasteiger partial charge in [0, 0.05) is 18.3 Å². The molecule has 4 nitrogen and oxygen atoms in total. The molecule has 0 fully saturated rings. The third-order valence-electron chi connectivity index (χ3n) is 2.85.